The lowest BCUT2D eigenvalue weighted by Gasteiger charge is -2.33. The van der Waals surface area contributed by atoms with Crippen LogP contribution in [-0.2, 0) is 16.1 Å². The highest BCUT2D eigenvalue weighted by Gasteiger charge is 2.34. The second-order valence-corrected chi connectivity index (χ2v) is 8.90. The molecule has 34 heavy (non-hydrogen) atoms. The van der Waals surface area contributed by atoms with Crippen LogP contribution >= 0.6 is 11.6 Å². The molecule has 1 aliphatic heterocycles. The zero-order chi connectivity index (χ0) is 24.6. The number of hydrogen-bond acceptors (Lipinski definition) is 6. The van der Waals surface area contributed by atoms with E-state index < -0.39 is 11.6 Å². The van der Waals surface area contributed by atoms with Crippen molar-refractivity contribution in [1.29, 1.82) is 0 Å². The van der Waals surface area contributed by atoms with Gasteiger partial charge in [0, 0.05) is 48.7 Å². The number of amides is 4. The standard InChI is InChI=1S/C22H26ClN7O4/c1-13-26-17(16-5-4-15(23)10-18(16)30(25)21(33)14-2-3-14)11-19(31)29(13)12-20(32)27-6-8-28(9-7-27)22(24)34/h4-5,10-11,14H,2-3,6-9,12,25H2,1H3,(H2,24,34). The van der Waals surface area contributed by atoms with Crippen molar-refractivity contribution in [3.05, 3.63) is 45.5 Å². The van der Waals surface area contributed by atoms with Crippen molar-refractivity contribution in [3.63, 3.8) is 0 Å². The van der Waals surface area contributed by atoms with Crippen LogP contribution in [0.2, 0.25) is 5.02 Å². The number of piperazine rings is 1. The van der Waals surface area contributed by atoms with Crippen LogP contribution < -0.4 is 22.1 Å². The van der Waals surface area contributed by atoms with E-state index in [2.05, 4.69) is 4.98 Å². The lowest BCUT2D eigenvalue weighted by atomic mass is 10.1. The number of urea groups is 1. The van der Waals surface area contributed by atoms with Crippen molar-refractivity contribution in [1.82, 2.24) is 19.4 Å². The minimum atomic E-state index is -0.518. The number of nitrogens with zero attached hydrogens (tertiary/aromatic N) is 5. The van der Waals surface area contributed by atoms with Crippen molar-refractivity contribution >= 4 is 35.1 Å². The molecule has 1 aromatic carbocycles. The number of aryl methyl sites for hydroxylation is 1. The van der Waals surface area contributed by atoms with Gasteiger partial charge in [-0.05, 0) is 38.0 Å². The van der Waals surface area contributed by atoms with Crippen LogP contribution in [0.3, 0.4) is 0 Å². The van der Waals surface area contributed by atoms with E-state index in [1.54, 1.807) is 30.0 Å². The largest absolute Gasteiger partial charge is 0.351 e. The number of carbonyl (C=O) groups excluding carboxylic acids is 3. The SMILES string of the molecule is Cc1nc(-c2ccc(Cl)cc2N(N)C(=O)C2CC2)cc(=O)n1CC(=O)N1CCN(C(N)=O)CC1. The van der Waals surface area contributed by atoms with Gasteiger partial charge in [-0.25, -0.2) is 20.6 Å². The fraction of sp³-hybridized carbons (Fsp3) is 0.409. The van der Waals surface area contributed by atoms with Crippen LogP contribution in [0.15, 0.2) is 29.1 Å². The first-order valence-corrected chi connectivity index (χ1v) is 11.3. The Bertz CT molecular complexity index is 1200. The molecule has 1 saturated heterocycles. The van der Waals surface area contributed by atoms with Crippen LogP contribution in [0, 0.1) is 12.8 Å². The number of hydrazine groups is 1. The molecule has 4 N–H and O–H groups in total. The van der Waals surface area contributed by atoms with Gasteiger partial charge in [-0.3, -0.25) is 19.0 Å². The first-order valence-electron chi connectivity index (χ1n) is 10.9. The summed E-state index contributed by atoms with van der Waals surface area (Å²) in [4.78, 5) is 57.1. The van der Waals surface area contributed by atoms with Gasteiger partial charge in [-0.1, -0.05) is 11.6 Å². The Morgan fingerprint density at radius 1 is 1.12 bits per heavy atom. The number of rotatable bonds is 5. The third-order valence-electron chi connectivity index (χ3n) is 6.10. The maximum absolute atomic E-state index is 12.9. The van der Waals surface area contributed by atoms with Gasteiger partial charge in [-0.15, -0.1) is 0 Å². The van der Waals surface area contributed by atoms with E-state index in [-0.39, 0.29) is 24.3 Å². The highest BCUT2D eigenvalue weighted by atomic mass is 35.5. The van der Waals surface area contributed by atoms with Crippen LogP contribution in [0.5, 0.6) is 0 Å². The molecule has 1 saturated carbocycles. The summed E-state index contributed by atoms with van der Waals surface area (Å²) in [6.45, 7) is 2.84. The molecule has 12 heteroatoms. The summed E-state index contributed by atoms with van der Waals surface area (Å²) in [5.41, 5.74) is 6.04. The summed E-state index contributed by atoms with van der Waals surface area (Å²) in [7, 11) is 0. The second kappa shape index (κ2) is 9.43. The van der Waals surface area contributed by atoms with Crippen molar-refractivity contribution in [2.75, 3.05) is 31.2 Å². The number of benzene rings is 1. The number of hydrogen-bond donors (Lipinski definition) is 2. The topological polar surface area (TPSA) is 148 Å². The Kier molecular flexibility index (Phi) is 6.58. The number of primary amides is 1. The lowest BCUT2D eigenvalue weighted by molar-refractivity contribution is -0.133. The summed E-state index contributed by atoms with van der Waals surface area (Å²) in [6.07, 6.45) is 1.59. The molecule has 2 heterocycles. The normalized spacial score (nSPS) is 15.9. The highest BCUT2D eigenvalue weighted by Crippen LogP contribution is 2.36. The Morgan fingerprint density at radius 3 is 2.35 bits per heavy atom. The van der Waals surface area contributed by atoms with E-state index in [9.17, 15) is 19.2 Å². The number of halogens is 1. The molecule has 180 valence electrons. The van der Waals surface area contributed by atoms with Crippen LogP contribution in [-0.4, -0.2) is 63.4 Å². The first kappa shape index (κ1) is 23.7. The van der Waals surface area contributed by atoms with Gasteiger partial charge in [0.15, 0.2) is 0 Å². The fourth-order valence-electron chi connectivity index (χ4n) is 3.93. The molecule has 4 rings (SSSR count). The lowest BCUT2D eigenvalue weighted by Crippen LogP contribution is -2.53. The third kappa shape index (κ3) is 4.90. The van der Waals surface area contributed by atoms with E-state index in [0.29, 0.717) is 54.0 Å². The second-order valence-electron chi connectivity index (χ2n) is 8.46. The number of carbonyl (C=O) groups is 3. The summed E-state index contributed by atoms with van der Waals surface area (Å²) < 4.78 is 1.29. The monoisotopic (exact) mass is 487 g/mol. The first-order chi connectivity index (χ1) is 16.2. The molecular weight excluding hydrogens is 462 g/mol. The number of nitrogens with two attached hydrogens (primary N) is 2. The van der Waals surface area contributed by atoms with Gasteiger partial charge >= 0.3 is 6.03 Å². The summed E-state index contributed by atoms with van der Waals surface area (Å²) in [5.74, 6) is 5.87. The Morgan fingerprint density at radius 2 is 1.76 bits per heavy atom. The Hall–Kier alpha value is -3.44. The van der Waals surface area contributed by atoms with Gasteiger partial charge in [0.2, 0.25) is 11.8 Å². The van der Waals surface area contributed by atoms with E-state index in [1.165, 1.54) is 15.5 Å². The maximum Gasteiger partial charge on any atom is 0.314 e. The summed E-state index contributed by atoms with van der Waals surface area (Å²) >= 11 is 6.14. The zero-order valence-electron chi connectivity index (χ0n) is 18.7. The summed E-state index contributed by atoms with van der Waals surface area (Å²) in [5, 5.41) is 1.46. The maximum atomic E-state index is 12.9. The molecule has 0 bridgehead atoms. The third-order valence-corrected chi connectivity index (χ3v) is 6.33. The Labute approximate surface area is 200 Å². The van der Waals surface area contributed by atoms with Crippen LogP contribution in [0.25, 0.3) is 11.3 Å². The van der Waals surface area contributed by atoms with Gasteiger partial charge < -0.3 is 15.5 Å². The molecule has 2 aliphatic rings. The molecule has 1 aliphatic carbocycles. The average molecular weight is 488 g/mol. The average Bonchev–Trinajstić information content (AvgIpc) is 3.65. The predicted molar refractivity (Wildman–Crippen MR) is 126 cm³/mol. The summed E-state index contributed by atoms with van der Waals surface area (Å²) in [6, 6.07) is 5.65. The van der Waals surface area contributed by atoms with Crippen molar-refractivity contribution in [2.45, 2.75) is 26.3 Å². The van der Waals surface area contributed by atoms with Crippen molar-refractivity contribution in [2.24, 2.45) is 17.5 Å². The number of anilines is 1. The molecule has 1 aromatic heterocycles. The molecule has 0 unspecified atom stereocenters. The van der Waals surface area contributed by atoms with E-state index in [0.717, 1.165) is 17.9 Å². The molecule has 0 radical (unpaired) electrons. The van der Waals surface area contributed by atoms with Crippen molar-refractivity contribution in [3.8, 4) is 11.3 Å². The minimum absolute atomic E-state index is 0.102. The zero-order valence-corrected chi connectivity index (χ0v) is 19.5. The Balaban J connectivity index is 1.57. The van der Waals surface area contributed by atoms with Crippen LogP contribution in [0.1, 0.15) is 18.7 Å². The molecule has 0 atom stereocenters. The minimum Gasteiger partial charge on any atom is -0.351 e. The molecule has 4 amide bonds. The van der Waals surface area contributed by atoms with E-state index >= 15 is 0 Å². The quantitative estimate of drug-likeness (QED) is 0.360. The van der Waals surface area contributed by atoms with Gasteiger partial charge in [-0.2, -0.15) is 0 Å². The molecule has 2 fully saturated rings. The number of aromatic nitrogens is 2. The predicted octanol–water partition coefficient (Wildman–Crippen LogP) is 0.712. The van der Waals surface area contributed by atoms with Gasteiger partial charge in [0.05, 0.1) is 11.4 Å². The van der Waals surface area contributed by atoms with Crippen molar-refractivity contribution < 1.29 is 14.4 Å². The van der Waals surface area contributed by atoms with Gasteiger partial charge in [0.25, 0.3) is 5.56 Å². The molecular formula is C22H26ClN7O4. The van der Waals surface area contributed by atoms with Gasteiger partial charge in [0.1, 0.15) is 12.4 Å². The molecule has 0 spiro atoms. The highest BCUT2D eigenvalue weighted by molar-refractivity contribution is 6.31. The van der Waals surface area contributed by atoms with E-state index in [1.807, 2.05) is 0 Å². The fourth-order valence-corrected chi connectivity index (χ4v) is 4.10. The smallest absolute Gasteiger partial charge is 0.314 e. The van der Waals surface area contributed by atoms with E-state index in [4.69, 9.17) is 23.2 Å². The molecule has 11 nitrogen and oxygen atoms in total. The van der Waals surface area contributed by atoms with Crippen LogP contribution in [0.4, 0.5) is 10.5 Å². The molecule has 2 aromatic rings.